The van der Waals surface area contributed by atoms with Gasteiger partial charge in [0.15, 0.2) is 0 Å². The number of para-hydroxylation sites is 1. The van der Waals surface area contributed by atoms with Gasteiger partial charge < -0.3 is 15.2 Å². The quantitative estimate of drug-likeness (QED) is 0.643. The van der Waals surface area contributed by atoms with Crippen molar-refractivity contribution < 1.29 is 0 Å². The number of fused-ring (bicyclic) bond motifs is 1. The zero-order valence-electron chi connectivity index (χ0n) is 16.1. The minimum absolute atomic E-state index is 0.416. The number of rotatable bonds is 4. The fourth-order valence-corrected chi connectivity index (χ4v) is 5.95. The van der Waals surface area contributed by atoms with Gasteiger partial charge in [0.25, 0.3) is 0 Å². The van der Waals surface area contributed by atoms with Gasteiger partial charge in [0, 0.05) is 65.5 Å². The average molecular weight is 391 g/mol. The molecule has 3 saturated heterocycles. The Morgan fingerprint density at radius 3 is 2.50 bits per heavy atom. The first-order valence-electron chi connectivity index (χ1n) is 10.4. The summed E-state index contributed by atoms with van der Waals surface area (Å²) >= 11 is 1.94. The molecule has 0 amide bonds. The van der Waals surface area contributed by atoms with Crippen molar-refractivity contribution in [2.45, 2.75) is 29.7 Å². The first kappa shape index (κ1) is 17.0. The summed E-state index contributed by atoms with van der Waals surface area (Å²) in [7, 11) is 0. The van der Waals surface area contributed by atoms with Crippen LogP contribution in [0, 0.1) is 0 Å². The van der Waals surface area contributed by atoms with Gasteiger partial charge in [0.05, 0.1) is 5.54 Å². The smallest absolute Gasteiger partial charge is 0.0577 e. The van der Waals surface area contributed by atoms with Gasteiger partial charge in [-0.15, -0.1) is 0 Å². The van der Waals surface area contributed by atoms with E-state index in [1.807, 2.05) is 11.9 Å². The van der Waals surface area contributed by atoms with E-state index in [2.05, 4.69) is 68.0 Å². The Kier molecular flexibility index (Phi) is 3.96. The lowest BCUT2D eigenvalue weighted by atomic mass is 9.82. The summed E-state index contributed by atoms with van der Waals surface area (Å²) in [6.45, 7) is 5.81. The van der Waals surface area contributed by atoms with E-state index in [4.69, 9.17) is 0 Å². The van der Waals surface area contributed by atoms with E-state index in [0.717, 1.165) is 13.1 Å². The molecule has 0 radical (unpaired) electrons. The Hall–Kier alpha value is -1.95. The number of nitrogens with zero attached hydrogens (tertiary/aromatic N) is 2. The van der Waals surface area contributed by atoms with Crippen molar-refractivity contribution >= 4 is 28.5 Å². The van der Waals surface area contributed by atoms with Crippen LogP contribution in [0.3, 0.4) is 0 Å². The SMILES string of the molecule is c1ccc2[nH]c(-c3cc(SN4CCC45CNC5)ccc3N3CCCC3)cc2c1. The summed E-state index contributed by atoms with van der Waals surface area (Å²) < 4.78 is 2.59. The second-order valence-electron chi connectivity index (χ2n) is 8.41. The Labute approximate surface area is 170 Å². The highest BCUT2D eigenvalue weighted by molar-refractivity contribution is 7.97. The lowest BCUT2D eigenvalue weighted by molar-refractivity contribution is 0.0297. The Morgan fingerprint density at radius 2 is 1.79 bits per heavy atom. The van der Waals surface area contributed by atoms with Crippen molar-refractivity contribution in [1.29, 1.82) is 0 Å². The summed E-state index contributed by atoms with van der Waals surface area (Å²) in [4.78, 5) is 7.56. The summed E-state index contributed by atoms with van der Waals surface area (Å²) in [5.41, 5.74) is 5.57. The first-order valence-corrected chi connectivity index (χ1v) is 11.2. The number of aromatic nitrogens is 1. The predicted octanol–water partition coefficient (Wildman–Crippen LogP) is 4.49. The van der Waals surface area contributed by atoms with E-state index in [-0.39, 0.29) is 0 Å². The molecule has 6 rings (SSSR count). The number of hydrogen-bond acceptors (Lipinski definition) is 4. The number of benzene rings is 2. The van der Waals surface area contributed by atoms with Crippen molar-refractivity contribution in [3.05, 3.63) is 48.5 Å². The number of aromatic amines is 1. The molecule has 3 fully saturated rings. The van der Waals surface area contributed by atoms with Gasteiger partial charge >= 0.3 is 0 Å². The molecule has 3 aliphatic rings. The second-order valence-corrected chi connectivity index (χ2v) is 9.51. The van der Waals surface area contributed by atoms with E-state index >= 15 is 0 Å². The molecule has 1 aromatic heterocycles. The maximum absolute atomic E-state index is 3.66. The van der Waals surface area contributed by atoms with Crippen molar-refractivity contribution in [3.8, 4) is 11.3 Å². The number of H-pyrrole nitrogens is 1. The normalized spacial score (nSPS) is 21.2. The highest BCUT2D eigenvalue weighted by atomic mass is 32.2. The Bertz CT molecular complexity index is 978. The topological polar surface area (TPSA) is 34.3 Å². The van der Waals surface area contributed by atoms with Crippen LogP contribution in [0.1, 0.15) is 19.3 Å². The Balaban J connectivity index is 1.39. The zero-order valence-corrected chi connectivity index (χ0v) is 16.9. The van der Waals surface area contributed by atoms with E-state index in [1.54, 1.807) is 0 Å². The molecule has 4 heterocycles. The molecule has 0 atom stereocenters. The highest BCUT2D eigenvalue weighted by Crippen LogP contribution is 2.44. The summed E-state index contributed by atoms with van der Waals surface area (Å²) in [6, 6.07) is 18.0. The van der Waals surface area contributed by atoms with Crippen molar-refractivity contribution in [3.63, 3.8) is 0 Å². The molecule has 2 aromatic carbocycles. The van der Waals surface area contributed by atoms with E-state index in [9.17, 15) is 0 Å². The third-order valence-corrected chi connectivity index (χ3v) is 7.92. The van der Waals surface area contributed by atoms with Crippen LogP contribution < -0.4 is 10.2 Å². The van der Waals surface area contributed by atoms with Crippen LogP contribution in [0.4, 0.5) is 5.69 Å². The predicted molar refractivity (Wildman–Crippen MR) is 118 cm³/mol. The lowest BCUT2D eigenvalue weighted by Gasteiger charge is -2.57. The average Bonchev–Trinajstić information content (AvgIpc) is 3.33. The van der Waals surface area contributed by atoms with Gasteiger partial charge in [-0.05, 0) is 61.5 Å². The van der Waals surface area contributed by atoms with Crippen LogP contribution >= 0.6 is 11.9 Å². The Morgan fingerprint density at radius 1 is 0.929 bits per heavy atom. The van der Waals surface area contributed by atoms with Gasteiger partial charge in [-0.25, -0.2) is 4.31 Å². The van der Waals surface area contributed by atoms with Gasteiger partial charge in [0.1, 0.15) is 0 Å². The lowest BCUT2D eigenvalue weighted by Crippen LogP contribution is -2.73. The van der Waals surface area contributed by atoms with E-state index < -0.39 is 0 Å². The highest BCUT2D eigenvalue weighted by Gasteiger charge is 2.49. The first-order chi connectivity index (χ1) is 13.8. The van der Waals surface area contributed by atoms with Gasteiger partial charge in [-0.3, -0.25) is 0 Å². The van der Waals surface area contributed by atoms with Crippen LogP contribution in [-0.4, -0.2) is 47.6 Å². The summed E-state index contributed by atoms with van der Waals surface area (Å²) in [5, 5.41) is 4.73. The van der Waals surface area contributed by atoms with Crippen molar-refractivity contribution in [1.82, 2.24) is 14.6 Å². The largest absolute Gasteiger partial charge is 0.371 e. The fraction of sp³-hybridized carbons (Fsp3) is 0.391. The molecule has 144 valence electrons. The van der Waals surface area contributed by atoms with Gasteiger partial charge in [-0.1, -0.05) is 18.2 Å². The molecule has 5 heteroatoms. The van der Waals surface area contributed by atoms with Crippen LogP contribution in [0.2, 0.25) is 0 Å². The molecule has 3 aliphatic heterocycles. The molecular weight excluding hydrogens is 364 g/mol. The van der Waals surface area contributed by atoms with Crippen LogP contribution in [-0.2, 0) is 0 Å². The molecular formula is C23H26N4S. The van der Waals surface area contributed by atoms with Gasteiger partial charge in [-0.2, -0.15) is 0 Å². The maximum Gasteiger partial charge on any atom is 0.0577 e. The minimum atomic E-state index is 0.416. The summed E-state index contributed by atoms with van der Waals surface area (Å²) in [6.07, 6.45) is 3.92. The van der Waals surface area contributed by atoms with E-state index in [1.165, 1.54) is 71.6 Å². The van der Waals surface area contributed by atoms with E-state index in [0.29, 0.717) is 5.54 Å². The molecule has 0 saturated carbocycles. The third kappa shape index (κ3) is 2.68. The number of nitrogens with one attached hydrogen (secondary N) is 2. The minimum Gasteiger partial charge on any atom is -0.371 e. The third-order valence-electron chi connectivity index (χ3n) is 6.67. The molecule has 2 N–H and O–H groups in total. The van der Waals surface area contributed by atoms with Crippen LogP contribution in [0.5, 0.6) is 0 Å². The van der Waals surface area contributed by atoms with Crippen molar-refractivity contribution in [2.75, 3.05) is 37.6 Å². The summed E-state index contributed by atoms with van der Waals surface area (Å²) in [5.74, 6) is 0. The standard InChI is InChI=1S/C23H26N4S/c1-2-6-20-17(5-1)13-21(25-20)19-14-18(7-8-22(19)26-10-3-4-11-26)28-27-12-9-23(27)15-24-16-23/h1-2,5-8,13-14,24-25H,3-4,9-12,15-16H2. The second kappa shape index (κ2) is 6.55. The van der Waals surface area contributed by atoms with Gasteiger partial charge in [0.2, 0.25) is 0 Å². The molecule has 28 heavy (non-hydrogen) atoms. The molecule has 0 unspecified atom stereocenters. The fourth-order valence-electron chi connectivity index (χ4n) is 4.80. The maximum atomic E-state index is 3.66. The van der Waals surface area contributed by atoms with Crippen LogP contribution in [0.25, 0.3) is 22.2 Å². The molecule has 1 spiro atoms. The molecule has 3 aromatic rings. The number of anilines is 1. The molecule has 0 aliphatic carbocycles. The van der Waals surface area contributed by atoms with Crippen molar-refractivity contribution in [2.24, 2.45) is 0 Å². The monoisotopic (exact) mass is 390 g/mol. The molecule has 4 nitrogen and oxygen atoms in total. The van der Waals surface area contributed by atoms with Crippen LogP contribution in [0.15, 0.2) is 53.4 Å². The zero-order chi connectivity index (χ0) is 18.6. The molecule has 0 bridgehead atoms. The number of hydrogen-bond donors (Lipinski definition) is 2.